The molecule has 25 heavy (non-hydrogen) atoms. The fraction of sp³-hybridized carbons (Fsp3) is 0.474. The maximum absolute atomic E-state index is 12.9. The number of nitrogens with zero attached hydrogens (tertiary/aromatic N) is 2. The van der Waals surface area contributed by atoms with Crippen LogP contribution in [0.1, 0.15) is 38.2 Å². The van der Waals surface area contributed by atoms with Crippen molar-refractivity contribution in [2.45, 2.75) is 43.7 Å². The molecule has 2 heterocycles. The zero-order chi connectivity index (χ0) is 17.8. The van der Waals surface area contributed by atoms with Gasteiger partial charge in [-0.2, -0.15) is 0 Å². The van der Waals surface area contributed by atoms with Gasteiger partial charge in [-0.05, 0) is 54.0 Å². The van der Waals surface area contributed by atoms with E-state index in [0.29, 0.717) is 19.3 Å². The third-order valence-corrected chi connectivity index (χ3v) is 7.32. The lowest BCUT2D eigenvalue weighted by molar-refractivity contribution is -0.124. The molecule has 1 aromatic carbocycles. The van der Waals surface area contributed by atoms with E-state index in [2.05, 4.69) is 39.6 Å². The minimum atomic E-state index is -0.555. The Kier molecular flexibility index (Phi) is 3.86. The summed E-state index contributed by atoms with van der Waals surface area (Å²) in [5.74, 6) is 0.287. The van der Waals surface area contributed by atoms with E-state index in [0.717, 1.165) is 27.9 Å². The lowest BCUT2D eigenvalue weighted by Gasteiger charge is -2.52. The van der Waals surface area contributed by atoms with Crippen molar-refractivity contribution in [3.8, 4) is 0 Å². The maximum atomic E-state index is 12.9. The Morgan fingerprint density at radius 3 is 2.80 bits per heavy atom. The fourth-order valence-electron chi connectivity index (χ4n) is 5.23. The van der Waals surface area contributed by atoms with Crippen molar-refractivity contribution in [1.29, 1.82) is 0 Å². The molecular weight excluding hydrogens is 431 g/mol. The summed E-state index contributed by atoms with van der Waals surface area (Å²) in [6, 6.07) is 8.01. The van der Waals surface area contributed by atoms with Crippen LogP contribution in [0.25, 0.3) is 0 Å². The van der Waals surface area contributed by atoms with Gasteiger partial charge < -0.3 is 9.64 Å². The van der Waals surface area contributed by atoms with Crippen LogP contribution in [0, 0.1) is 0 Å². The number of hydrogen-bond donors (Lipinski definition) is 0. The van der Waals surface area contributed by atoms with Crippen LogP contribution < -0.4 is 4.90 Å². The number of fused-ring (bicyclic) bond motifs is 1. The van der Waals surface area contributed by atoms with E-state index in [9.17, 15) is 9.59 Å². The fourth-order valence-corrected chi connectivity index (χ4v) is 5.87. The molecule has 2 fully saturated rings. The molecule has 1 saturated carbocycles. The Balaban J connectivity index is 2.02. The SMILES string of the molecule is C/C=C(\I)N1CCC23CC(=O)CCC12N(C(=O)OC)c1ccccc13. The summed E-state index contributed by atoms with van der Waals surface area (Å²) in [5.41, 5.74) is 1.08. The number of carbonyl (C=O) groups excluding carboxylic acids is 2. The molecule has 1 saturated heterocycles. The standard InChI is InChI=1S/C19H21IN2O3/c1-3-16(20)21-11-10-18-12-13(23)8-9-19(18,21)22(17(24)25-2)15-7-5-4-6-14(15)18/h3-7H,8-12H2,1-2H3/b16-3+. The second kappa shape index (κ2) is 5.72. The van der Waals surface area contributed by atoms with Crippen LogP contribution in [-0.4, -0.2) is 36.1 Å². The number of hydrogen-bond acceptors (Lipinski definition) is 4. The van der Waals surface area contributed by atoms with E-state index in [4.69, 9.17) is 4.74 Å². The Bertz CT molecular complexity index is 793. The topological polar surface area (TPSA) is 49.9 Å². The van der Waals surface area contributed by atoms with Gasteiger partial charge in [0.25, 0.3) is 0 Å². The Morgan fingerprint density at radius 2 is 2.08 bits per heavy atom. The molecule has 5 nitrogen and oxygen atoms in total. The van der Waals surface area contributed by atoms with Gasteiger partial charge in [-0.3, -0.25) is 9.69 Å². The number of methoxy groups -OCH3 is 1. The molecular formula is C19H21IN2O3. The molecule has 0 spiro atoms. The molecule has 132 valence electrons. The summed E-state index contributed by atoms with van der Waals surface area (Å²) in [5, 5.41) is 0. The second-order valence-corrected chi connectivity index (χ2v) is 8.06. The van der Waals surface area contributed by atoms with Gasteiger partial charge in [0.15, 0.2) is 0 Å². The highest BCUT2D eigenvalue weighted by molar-refractivity contribution is 14.1. The van der Waals surface area contributed by atoms with Crippen LogP contribution >= 0.6 is 22.6 Å². The van der Waals surface area contributed by atoms with Gasteiger partial charge in [0, 0.05) is 24.8 Å². The first-order valence-corrected chi connectivity index (χ1v) is 9.68. The van der Waals surface area contributed by atoms with Gasteiger partial charge in [-0.15, -0.1) is 0 Å². The molecule has 3 aliphatic rings. The number of likely N-dealkylation sites (tertiary alicyclic amines) is 1. The van der Waals surface area contributed by atoms with Crippen molar-refractivity contribution in [1.82, 2.24) is 4.90 Å². The summed E-state index contributed by atoms with van der Waals surface area (Å²) in [6.45, 7) is 2.84. The van der Waals surface area contributed by atoms with Crippen molar-refractivity contribution in [2.24, 2.45) is 0 Å². The smallest absolute Gasteiger partial charge is 0.415 e. The van der Waals surface area contributed by atoms with E-state index in [1.54, 1.807) is 0 Å². The Hall–Kier alpha value is -1.57. The summed E-state index contributed by atoms with van der Waals surface area (Å²) in [4.78, 5) is 29.5. The van der Waals surface area contributed by atoms with Crippen LogP contribution in [0.15, 0.2) is 34.0 Å². The van der Waals surface area contributed by atoms with Crippen molar-refractivity contribution in [2.75, 3.05) is 18.6 Å². The van der Waals surface area contributed by atoms with E-state index < -0.39 is 5.66 Å². The molecule has 2 aliphatic heterocycles. The number of halogens is 1. The highest BCUT2D eigenvalue weighted by Crippen LogP contribution is 2.65. The van der Waals surface area contributed by atoms with E-state index in [-0.39, 0.29) is 17.3 Å². The van der Waals surface area contributed by atoms with Crippen LogP contribution in [0.2, 0.25) is 0 Å². The first-order chi connectivity index (χ1) is 12.0. The number of benzene rings is 1. The summed E-state index contributed by atoms with van der Waals surface area (Å²) in [7, 11) is 1.43. The second-order valence-electron chi connectivity index (χ2n) is 6.95. The number of para-hydroxylation sites is 1. The highest BCUT2D eigenvalue weighted by atomic mass is 127. The minimum absolute atomic E-state index is 0.287. The molecule has 0 aromatic heterocycles. The molecule has 0 N–H and O–H groups in total. The van der Waals surface area contributed by atoms with Crippen molar-refractivity contribution in [3.05, 3.63) is 39.6 Å². The molecule has 1 aromatic rings. The maximum Gasteiger partial charge on any atom is 0.415 e. The largest absolute Gasteiger partial charge is 0.452 e. The zero-order valence-electron chi connectivity index (χ0n) is 14.4. The monoisotopic (exact) mass is 452 g/mol. The molecule has 6 heteroatoms. The number of ketones is 1. The first kappa shape index (κ1) is 16.9. The van der Waals surface area contributed by atoms with Gasteiger partial charge in [0.05, 0.1) is 16.5 Å². The molecule has 0 radical (unpaired) electrons. The lowest BCUT2D eigenvalue weighted by Crippen LogP contribution is -2.66. The third-order valence-electron chi connectivity index (χ3n) is 6.11. The lowest BCUT2D eigenvalue weighted by atomic mass is 9.64. The number of Topliss-reactive ketones (excluding diaryl/α,β-unsaturated/α-hetero) is 1. The van der Waals surface area contributed by atoms with Crippen molar-refractivity contribution in [3.63, 3.8) is 0 Å². The number of allylic oxidation sites excluding steroid dienone is 1. The number of carbonyl (C=O) groups is 2. The van der Waals surface area contributed by atoms with Gasteiger partial charge in [-0.1, -0.05) is 24.3 Å². The van der Waals surface area contributed by atoms with Crippen molar-refractivity contribution < 1.29 is 14.3 Å². The molecule has 2 atom stereocenters. The number of ether oxygens (including phenoxy) is 1. The van der Waals surface area contributed by atoms with Crippen LogP contribution in [0.4, 0.5) is 10.5 Å². The van der Waals surface area contributed by atoms with Gasteiger partial charge >= 0.3 is 6.09 Å². The average molecular weight is 452 g/mol. The molecule has 1 amide bonds. The Morgan fingerprint density at radius 1 is 1.32 bits per heavy atom. The van der Waals surface area contributed by atoms with Gasteiger partial charge in [0.1, 0.15) is 11.4 Å². The summed E-state index contributed by atoms with van der Waals surface area (Å²) in [6.07, 6.45) is 4.20. The average Bonchev–Trinajstić information content (AvgIpc) is 3.08. The van der Waals surface area contributed by atoms with Crippen LogP contribution in [0.5, 0.6) is 0 Å². The van der Waals surface area contributed by atoms with Gasteiger partial charge in [0.2, 0.25) is 0 Å². The third kappa shape index (κ3) is 1.94. The minimum Gasteiger partial charge on any atom is -0.452 e. The van der Waals surface area contributed by atoms with Crippen LogP contribution in [-0.2, 0) is 14.9 Å². The number of anilines is 1. The quantitative estimate of drug-likeness (QED) is 0.478. The van der Waals surface area contributed by atoms with Crippen LogP contribution in [0.3, 0.4) is 0 Å². The molecule has 0 bridgehead atoms. The van der Waals surface area contributed by atoms with E-state index in [1.807, 2.05) is 30.0 Å². The highest BCUT2D eigenvalue weighted by Gasteiger charge is 2.71. The summed E-state index contributed by atoms with van der Waals surface area (Å²) < 4.78 is 6.29. The van der Waals surface area contributed by atoms with Crippen molar-refractivity contribution >= 4 is 40.2 Å². The molecule has 2 unspecified atom stereocenters. The zero-order valence-corrected chi connectivity index (χ0v) is 16.6. The molecule has 4 rings (SSSR count). The normalized spacial score (nSPS) is 30.8. The molecule has 1 aliphatic carbocycles. The van der Waals surface area contributed by atoms with E-state index in [1.165, 1.54) is 7.11 Å². The van der Waals surface area contributed by atoms with Gasteiger partial charge in [-0.25, -0.2) is 4.79 Å². The Labute approximate surface area is 161 Å². The number of rotatable bonds is 1. The first-order valence-electron chi connectivity index (χ1n) is 8.61. The summed E-state index contributed by atoms with van der Waals surface area (Å²) >= 11 is 2.34. The number of amides is 1. The predicted octanol–water partition coefficient (Wildman–Crippen LogP) is 3.96. The van der Waals surface area contributed by atoms with E-state index >= 15 is 0 Å². The predicted molar refractivity (Wildman–Crippen MR) is 104 cm³/mol.